The molecule has 0 radical (unpaired) electrons. The van der Waals surface area contributed by atoms with Gasteiger partial charge in [0.1, 0.15) is 6.04 Å². The van der Waals surface area contributed by atoms with Crippen molar-refractivity contribution >= 4 is 29.5 Å². The number of piperidine rings is 1. The Morgan fingerprint density at radius 1 is 1.03 bits per heavy atom. The van der Waals surface area contributed by atoms with Gasteiger partial charge in [-0.25, -0.2) is 0 Å². The van der Waals surface area contributed by atoms with Crippen LogP contribution in [-0.4, -0.2) is 47.0 Å². The summed E-state index contributed by atoms with van der Waals surface area (Å²) < 4.78 is 0. The second-order valence-electron chi connectivity index (χ2n) is 11.1. The van der Waals surface area contributed by atoms with Crippen molar-refractivity contribution in [2.24, 2.45) is 23.7 Å². The van der Waals surface area contributed by atoms with Crippen LogP contribution < -0.4 is 10.6 Å². The smallest absolute Gasteiger partial charge is 0.255 e. The Hall–Kier alpha value is -1.86. The van der Waals surface area contributed by atoms with Crippen LogP contribution in [0.4, 0.5) is 0 Å². The number of fused-ring (bicyclic) bond motifs is 1. The Kier molecular flexibility index (Phi) is 6.18. The standard InChI is InChI=1S/C27H35N3O3S/c31-24-8-7-22(26(32)29-24)30-15-21-19(27(30)33)5-4-6-23(21)34-10-3-1-2-9-28-25-18-12-16-11-17(14-18)20(25)13-16/h4-6,16-18,20,22,25,28H,1-3,7-15H2,(H,29,31,32). The highest BCUT2D eigenvalue weighted by Crippen LogP contribution is 2.58. The van der Waals surface area contributed by atoms with Gasteiger partial charge in [0.25, 0.3) is 5.91 Å². The molecule has 34 heavy (non-hydrogen) atoms. The molecule has 4 bridgehead atoms. The summed E-state index contributed by atoms with van der Waals surface area (Å²) in [5, 5.41) is 6.30. The second kappa shape index (κ2) is 9.30. The average Bonchev–Trinajstić information content (AvgIpc) is 3.39. The third-order valence-electron chi connectivity index (χ3n) is 9.06. The lowest BCUT2D eigenvalue weighted by Crippen LogP contribution is -2.52. The van der Waals surface area contributed by atoms with Crippen LogP contribution in [0.25, 0.3) is 0 Å². The van der Waals surface area contributed by atoms with Crippen LogP contribution in [0.15, 0.2) is 23.1 Å². The van der Waals surface area contributed by atoms with Crippen LogP contribution in [0.5, 0.6) is 0 Å². The van der Waals surface area contributed by atoms with Crippen LogP contribution in [0.3, 0.4) is 0 Å². The van der Waals surface area contributed by atoms with E-state index in [-0.39, 0.29) is 24.1 Å². The summed E-state index contributed by atoms with van der Waals surface area (Å²) in [7, 11) is 0. The molecule has 1 aromatic carbocycles. The van der Waals surface area contributed by atoms with Gasteiger partial charge in [-0.1, -0.05) is 12.5 Å². The van der Waals surface area contributed by atoms with Gasteiger partial charge in [0.15, 0.2) is 0 Å². The average molecular weight is 482 g/mol. The zero-order valence-electron chi connectivity index (χ0n) is 19.8. The molecule has 5 fully saturated rings. The lowest BCUT2D eigenvalue weighted by Gasteiger charge is -2.33. The molecule has 4 aliphatic carbocycles. The summed E-state index contributed by atoms with van der Waals surface area (Å²) in [5.41, 5.74) is 1.74. The lowest BCUT2D eigenvalue weighted by atomic mass is 9.79. The summed E-state index contributed by atoms with van der Waals surface area (Å²) in [4.78, 5) is 39.5. The van der Waals surface area contributed by atoms with E-state index in [4.69, 9.17) is 0 Å². The van der Waals surface area contributed by atoms with Crippen LogP contribution in [0.1, 0.15) is 73.7 Å². The van der Waals surface area contributed by atoms with E-state index in [1.807, 2.05) is 23.9 Å². The fourth-order valence-electron chi connectivity index (χ4n) is 7.60. The minimum absolute atomic E-state index is 0.0905. The normalized spacial score (nSPS) is 33.6. The van der Waals surface area contributed by atoms with E-state index in [1.165, 1.54) is 44.9 Å². The molecule has 2 heterocycles. The van der Waals surface area contributed by atoms with E-state index < -0.39 is 6.04 Å². The lowest BCUT2D eigenvalue weighted by molar-refractivity contribution is -0.136. The van der Waals surface area contributed by atoms with Crippen LogP contribution in [0.2, 0.25) is 0 Å². The highest BCUT2D eigenvalue weighted by atomic mass is 32.2. The van der Waals surface area contributed by atoms with Gasteiger partial charge >= 0.3 is 0 Å². The van der Waals surface area contributed by atoms with Crippen molar-refractivity contribution in [1.29, 1.82) is 0 Å². The summed E-state index contributed by atoms with van der Waals surface area (Å²) in [6.45, 7) is 1.61. The highest BCUT2D eigenvalue weighted by Gasteiger charge is 2.53. The Morgan fingerprint density at radius 3 is 2.76 bits per heavy atom. The predicted octanol–water partition coefficient (Wildman–Crippen LogP) is 3.73. The third-order valence-corrected chi connectivity index (χ3v) is 10.2. The highest BCUT2D eigenvalue weighted by molar-refractivity contribution is 7.99. The first kappa shape index (κ1) is 22.6. The maximum atomic E-state index is 13.0. The Morgan fingerprint density at radius 2 is 1.91 bits per heavy atom. The number of carbonyl (C=O) groups excluding carboxylic acids is 3. The van der Waals surface area contributed by atoms with Gasteiger partial charge < -0.3 is 10.2 Å². The first-order chi connectivity index (χ1) is 16.6. The molecular formula is C27H35N3O3S. The fourth-order valence-corrected chi connectivity index (χ4v) is 8.69. The number of hydrogen-bond donors (Lipinski definition) is 2. The fraction of sp³-hybridized carbons (Fsp3) is 0.667. The molecule has 6 nitrogen and oxygen atoms in total. The number of nitrogens with one attached hydrogen (secondary N) is 2. The van der Waals surface area contributed by atoms with E-state index in [9.17, 15) is 14.4 Å². The number of thioether (sulfide) groups is 1. The van der Waals surface area contributed by atoms with E-state index in [2.05, 4.69) is 16.7 Å². The van der Waals surface area contributed by atoms with Crippen LogP contribution >= 0.6 is 11.8 Å². The predicted molar refractivity (Wildman–Crippen MR) is 131 cm³/mol. The van der Waals surface area contributed by atoms with E-state index in [0.29, 0.717) is 18.5 Å². The van der Waals surface area contributed by atoms with Gasteiger partial charge in [0.2, 0.25) is 11.8 Å². The topological polar surface area (TPSA) is 78.5 Å². The molecule has 1 saturated heterocycles. The molecule has 4 saturated carbocycles. The Bertz CT molecular complexity index is 993. The molecule has 182 valence electrons. The maximum absolute atomic E-state index is 13.0. The van der Waals surface area contributed by atoms with Crippen molar-refractivity contribution < 1.29 is 14.4 Å². The second-order valence-corrected chi connectivity index (χ2v) is 12.2. The SMILES string of the molecule is O=C1CCC(N2Cc3c(SCCCCCNC4C5CC6CC(C5)C4C6)cccc3C2=O)C(=O)N1. The van der Waals surface area contributed by atoms with Gasteiger partial charge in [-0.15, -0.1) is 11.8 Å². The van der Waals surface area contributed by atoms with E-state index in [0.717, 1.165) is 52.5 Å². The van der Waals surface area contributed by atoms with Gasteiger partial charge in [-0.05, 0) is 98.6 Å². The molecule has 0 aromatic heterocycles. The molecule has 6 unspecified atom stereocenters. The number of imide groups is 1. The van der Waals surface area contributed by atoms with Crippen molar-refractivity contribution in [1.82, 2.24) is 15.5 Å². The molecule has 2 aliphatic heterocycles. The minimum atomic E-state index is -0.548. The third kappa shape index (κ3) is 4.09. The molecule has 2 N–H and O–H groups in total. The summed E-state index contributed by atoms with van der Waals surface area (Å²) in [6.07, 6.45) is 10.3. The molecule has 6 atom stereocenters. The zero-order chi connectivity index (χ0) is 23.2. The van der Waals surface area contributed by atoms with Crippen molar-refractivity contribution in [2.45, 2.75) is 81.3 Å². The monoisotopic (exact) mass is 481 g/mol. The molecular weight excluding hydrogens is 446 g/mol. The summed E-state index contributed by atoms with van der Waals surface area (Å²) in [5.74, 6) is 4.37. The minimum Gasteiger partial charge on any atom is -0.322 e. The van der Waals surface area contributed by atoms with Crippen molar-refractivity contribution in [3.8, 4) is 0 Å². The largest absolute Gasteiger partial charge is 0.322 e. The van der Waals surface area contributed by atoms with Crippen molar-refractivity contribution in [3.05, 3.63) is 29.3 Å². The first-order valence-corrected chi connectivity index (χ1v) is 14.2. The number of nitrogens with zero attached hydrogens (tertiary/aromatic N) is 1. The maximum Gasteiger partial charge on any atom is 0.255 e. The number of benzene rings is 1. The van der Waals surface area contributed by atoms with Gasteiger partial charge in [0.05, 0.1) is 0 Å². The number of unbranched alkanes of at least 4 members (excludes halogenated alkanes) is 2. The van der Waals surface area contributed by atoms with E-state index >= 15 is 0 Å². The number of rotatable bonds is 9. The molecule has 0 spiro atoms. The summed E-state index contributed by atoms with van der Waals surface area (Å²) >= 11 is 1.83. The first-order valence-electron chi connectivity index (χ1n) is 13.2. The molecule has 7 rings (SSSR count). The Balaban J connectivity index is 0.955. The van der Waals surface area contributed by atoms with Crippen LogP contribution in [-0.2, 0) is 16.1 Å². The molecule has 1 aromatic rings. The van der Waals surface area contributed by atoms with Gasteiger partial charge in [-0.3, -0.25) is 19.7 Å². The van der Waals surface area contributed by atoms with Crippen molar-refractivity contribution in [3.63, 3.8) is 0 Å². The molecule has 3 amide bonds. The summed E-state index contributed by atoms with van der Waals surface area (Å²) in [6, 6.07) is 6.15. The number of amides is 3. The van der Waals surface area contributed by atoms with Gasteiger partial charge in [-0.2, -0.15) is 0 Å². The number of carbonyl (C=O) groups is 3. The quantitative estimate of drug-likeness (QED) is 0.319. The van der Waals surface area contributed by atoms with Crippen LogP contribution in [0, 0.1) is 23.7 Å². The Labute approximate surface area is 206 Å². The van der Waals surface area contributed by atoms with Crippen molar-refractivity contribution in [2.75, 3.05) is 12.3 Å². The molecule has 7 heteroatoms. The molecule has 6 aliphatic rings. The van der Waals surface area contributed by atoms with E-state index in [1.54, 1.807) is 4.90 Å². The van der Waals surface area contributed by atoms with Gasteiger partial charge in [0, 0.05) is 29.5 Å². The number of hydrogen-bond acceptors (Lipinski definition) is 5. The zero-order valence-corrected chi connectivity index (χ0v) is 20.6.